The molecule has 0 saturated carbocycles. The second-order valence-corrected chi connectivity index (χ2v) is 5.47. The summed E-state index contributed by atoms with van der Waals surface area (Å²) in [5, 5.41) is 0. The minimum atomic E-state index is 0.245. The molecule has 1 aliphatic rings. The number of ether oxygens (including phenoxy) is 1. The van der Waals surface area contributed by atoms with E-state index < -0.39 is 0 Å². The van der Waals surface area contributed by atoms with E-state index in [-0.39, 0.29) is 5.91 Å². The predicted molar refractivity (Wildman–Crippen MR) is 80.8 cm³/mol. The summed E-state index contributed by atoms with van der Waals surface area (Å²) in [7, 11) is 1.95. The van der Waals surface area contributed by atoms with Crippen molar-refractivity contribution in [2.24, 2.45) is 0 Å². The van der Waals surface area contributed by atoms with Gasteiger partial charge in [0.05, 0.1) is 0 Å². The Kier molecular flexibility index (Phi) is 5.60. The van der Waals surface area contributed by atoms with Crippen LogP contribution < -0.4 is 0 Å². The molecule has 0 bridgehead atoms. The average Bonchev–Trinajstić information content (AvgIpc) is 2.50. The number of carbonyl (C=O) groups excluding carboxylic acids is 1. The summed E-state index contributed by atoms with van der Waals surface area (Å²) in [5.74, 6) is 0.245. The topological polar surface area (TPSA) is 29.5 Å². The normalized spacial score (nSPS) is 17.6. The molecule has 1 aliphatic carbocycles. The third kappa shape index (κ3) is 3.83. The lowest BCUT2D eigenvalue weighted by atomic mass is 9.87. The first-order chi connectivity index (χ1) is 9.72. The van der Waals surface area contributed by atoms with Gasteiger partial charge < -0.3 is 9.64 Å². The Bertz CT molecular complexity index is 444. The van der Waals surface area contributed by atoms with Crippen molar-refractivity contribution in [3.63, 3.8) is 0 Å². The maximum Gasteiger partial charge on any atom is 0.222 e. The van der Waals surface area contributed by atoms with Gasteiger partial charge in [0.2, 0.25) is 5.91 Å². The zero-order valence-electron chi connectivity index (χ0n) is 12.6. The number of aryl methyl sites for hydroxylation is 1. The molecule has 0 fully saturated rings. The highest BCUT2D eigenvalue weighted by molar-refractivity contribution is 5.76. The van der Waals surface area contributed by atoms with Crippen molar-refractivity contribution in [2.45, 2.75) is 45.1 Å². The Hall–Kier alpha value is -1.35. The van der Waals surface area contributed by atoms with E-state index in [0.717, 1.165) is 32.3 Å². The van der Waals surface area contributed by atoms with Crippen molar-refractivity contribution in [1.82, 2.24) is 4.90 Å². The first-order valence-corrected chi connectivity index (χ1v) is 7.62. The summed E-state index contributed by atoms with van der Waals surface area (Å²) in [6.45, 7) is 3.39. The summed E-state index contributed by atoms with van der Waals surface area (Å²) >= 11 is 0. The van der Waals surface area contributed by atoms with Crippen molar-refractivity contribution in [1.29, 1.82) is 0 Å². The van der Waals surface area contributed by atoms with E-state index >= 15 is 0 Å². The van der Waals surface area contributed by atoms with Gasteiger partial charge in [-0.1, -0.05) is 24.3 Å². The Balaban J connectivity index is 1.84. The highest BCUT2D eigenvalue weighted by atomic mass is 16.5. The maximum atomic E-state index is 12.2. The van der Waals surface area contributed by atoms with E-state index in [1.165, 1.54) is 11.1 Å². The molecule has 0 heterocycles. The molecule has 1 aromatic rings. The number of likely N-dealkylation sites (N-methyl/N-ethyl adjacent to an activating group) is 1. The van der Waals surface area contributed by atoms with E-state index in [2.05, 4.69) is 24.3 Å². The second-order valence-electron chi connectivity index (χ2n) is 5.47. The van der Waals surface area contributed by atoms with Crippen molar-refractivity contribution in [3.8, 4) is 0 Å². The van der Waals surface area contributed by atoms with Gasteiger partial charge in [-0.2, -0.15) is 0 Å². The summed E-state index contributed by atoms with van der Waals surface area (Å²) in [5.41, 5.74) is 2.85. The molecular weight excluding hydrogens is 250 g/mol. The van der Waals surface area contributed by atoms with Crippen LogP contribution >= 0.6 is 0 Å². The van der Waals surface area contributed by atoms with Crippen LogP contribution in [0.25, 0.3) is 0 Å². The lowest BCUT2D eigenvalue weighted by molar-refractivity contribution is -0.132. The molecule has 1 amide bonds. The molecule has 3 nitrogen and oxygen atoms in total. The highest BCUT2D eigenvalue weighted by Crippen LogP contribution is 2.24. The van der Waals surface area contributed by atoms with Crippen LogP contribution in [0.4, 0.5) is 0 Å². The van der Waals surface area contributed by atoms with Gasteiger partial charge in [-0.25, -0.2) is 0 Å². The molecule has 110 valence electrons. The lowest BCUT2D eigenvalue weighted by Gasteiger charge is -2.32. The van der Waals surface area contributed by atoms with Crippen LogP contribution in [0.3, 0.4) is 0 Å². The molecular formula is C17H25NO2. The summed E-state index contributed by atoms with van der Waals surface area (Å²) in [4.78, 5) is 14.1. The van der Waals surface area contributed by atoms with Gasteiger partial charge in [0.15, 0.2) is 0 Å². The second kappa shape index (κ2) is 7.44. The van der Waals surface area contributed by atoms with Crippen molar-refractivity contribution >= 4 is 5.91 Å². The van der Waals surface area contributed by atoms with Crippen LogP contribution in [-0.4, -0.2) is 37.1 Å². The fourth-order valence-electron chi connectivity index (χ4n) is 2.86. The SMILES string of the molecule is CCOCCCC(=O)N(C)C1CCc2ccccc2C1. The van der Waals surface area contributed by atoms with Gasteiger partial charge in [0.1, 0.15) is 0 Å². The van der Waals surface area contributed by atoms with Crippen molar-refractivity contribution in [3.05, 3.63) is 35.4 Å². The van der Waals surface area contributed by atoms with Crippen LogP contribution in [0.2, 0.25) is 0 Å². The van der Waals surface area contributed by atoms with E-state index in [1.54, 1.807) is 0 Å². The molecule has 0 N–H and O–H groups in total. The summed E-state index contributed by atoms with van der Waals surface area (Å²) in [6.07, 6.45) is 4.56. The van der Waals surface area contributed by atoms with Crippen LogP contribution in [0.15, 0.2) is 24.3 Å². The first-order valence-electron chi connectivity index (χ1n) is 7.62. The van der Waals surface area contributed by atoms with Gasteiger partial charge in [0, 0.05) is 32.7 Å². The number of fused-ring (bicyclic) bond motifs is 1. The maximum absolute atomic E-state index is 12.2. The van der Waals surface area contributed by atoms with Crippen molar-refractivity contribution in [2.75, 3.05) is 20.3 Å². The monoisotopic (exact) mass is 275 g/mol. The van der Waals surface area contributed by atoms with Gasteiger partial charge in [0.25, 0.3) is 0 Å². The van der Waals surface area contributed by atoms with E-state index in [1.807, 2.05) is 18.9 Å². The fourth-order valence-corrected chi connectivity index (χ4v) is 2.86. The number of nitrogens with zero attached hydrogens (tertiary/aromatic N) is 1. The standard InChI is InChI=1S/C17H25NO2/c1-3-20-12-6-9-17(19)18(2)16-11-10-14-7-4-5-8-15(14)13-16/h4-5,7-8,16H,3,6,9-13H2,1-2H3. The van der Waals surface area contributed by atoms with Crippen LogP contribution in [-0.2, 0) is 22.4 Å². The number of amides is 1. The fraction of sp³-hybridized carbons (Fsp3) is 0.588. The number of carbonyl (C=O) groups is 1. The Morgan fingerprint density at radius 3 is 2.85 bits per heavy atom. The molecule has 1 atom stereocenters. The molecule has 1 aromatic carbocycles. The van der Waals surface area contributed by atoms with Gasteiger partial charge in [-0.3, -0.25) is 4.79 Å². The van der Waals surface area contributed by atoms with Crippen LogP contribution in [0.1, 0.15) is 37.3 Å². The Morgan fingerprint density at radius 2 is 2.10 bits per heavy atom. The first kappa shape index (κ1) is 15.0. The lowest BCUT2D eigenvalue weighted by Crippen LogP contribution is -2.40. The molecule has 0 aliphatic heterocycles. The van der Waals surface area contributed by atoms with Crippen LogP contribution in [0, 0.1) is 0 Å². The number of hydrogen-bond acceptors (Lipinski definition) is 2. The molecule has 1 unspecified atom stereocenters. The van der Waals surface area contributed by atoms with Gasteiger partial charge in [-0.15, -0.1) is 0 Å². The number of rotatable bonds is 6. The quantitative estimate of drug-likeness (QED) is 0.747. The number of hydrogen-bond donors (Lipinski definition) is 0. The highest BCUT2D eigenvalue weighted by Gasteiger charge is 2.24. The van der Waals surface area contributed by atoms with E-state index in [0.29, 0.717) is 19.1 Å². The van der Waals surface area contributed by atoms with Crippen molar-refractivity contribution < 1.29 is 9.53 Å². The van der Waals surface area contributed by atoms with E-state index in [9.17, 15) is 4.79 Å². The predicted octanol–water partition coefficient (Wildman–Crippen LogP) is 2.82. The van der Waals surface area contributed by atoms with Gasteiger partial charge >= 0.3 is 0 Å². The third-order valence-corrected chi connectivity index (χ3v) is 4.15. The summed E-state index contributed by atoms with van der Waals surface area (Å²) in [6, 6.07) is 8.93. The minimum Gasteiger partial charge on any atom is -0.382 e. The minimum absolute atomic E-state index is 0.245. The van der Waals surface area contributed by atoms with Gasteiger partial charge in [-0.05, 0) is 43.7 Å². The molecule has 0 spiro atoms. The molecule has 20 heavy (non-hydrogen) atoms. The average molecular weight is 275 g/mol. The Labute approximate surface area is 121 Å². The molecule has 0 saturated heterocycles. The Morgan fingerprint density at radius 1 is 1.35 bits per heavy atom. The molecule has 2 rings (SSSR count). The largest absolute Gasteiger partial charge is 0.382 e. The summed E-state index contributed by atoms with van der Waals surface area (Å²) < 4.78 is 5.28. The van der Waals surface area contributed by atoms with Crippen LogP contribution in [0.5, 0.6) is 0 Å². The zero-order valence-corrected chi connectivity index (χ0v) is 12.6. The smallest absolute Gasteiger partial charge is 0.222 e. The molecule has 0 aromatic heterocycles. The number of benzene rings is 1. The third-order valence-electron chi connectivity index (χ3n) is 4.15. The molecule has 0 radical (unpaired) electrons. The molecule has 3 heteroatoms. The van der Waals surface area contributed by atoms with E-state index in [4.69, 9.17) is 4.74 Å². The zero-order chi connectivity index (χ0) is 14.4.